The van der Waals surface area contributed by atoms with Crippen molar-refractivity contribution in [3.05, 3.63) is 35.4 Å². The van der Waals surface area contributed by atoms with Gasteiger partial charge in [0.05, 0.1) is 5.60 Å². The second-order valence-electron chi connectivity index (χ2n) is 6.12. The summed E-state index contributed by atoms with van der Waals surface area (Å²) >= 11 is 0. The van der Waals surface area contributed by atoms with Crippen LogP contribution in [0.3, 0.4) is 0 Å². The molecule has 0 atom stereocenters. The summed E-state index contributed by atoms with van der Waals surface area (Å²) in [6, 6.07) is 9.17. The molecule has 106 valence electrons. The molecule has 0 aromatic heterocycles. The Morgan fingerprint density at radius 2 is 1.84 bits per heavy atom. The zero-order valence-corrected chi connectivity index (χ0v) is 12.3. The van der Waals surface area contributed by atoms with Gasteiger partial charge in [-0.1, -0.05) is 36.8 Å². The van der Waals surface area contributed by atoms with Crippen molar-refractivity contribution in [2.45, 2.75) is 64.0 Å². The number of benzene rings is 1. The van der Waals surface area contributed by atoms with Gasteiger partial charge in [0, 0.05) is 12.5 Å². The first-order valence-corrected chi connectivity index (χ1v) is 7.63. The third-order valence-electron chi connectivity index (χ3n) is 4.25. The summed E-state index contributed by atoms with van der Waals surface area (Å²) in [5.41, 5.74) is 2.05. The van der Waals surface area contributed by atoms with Gasteiger partial charge >= 0.3 is 0 Å². The lowest BCUT2D eigenvalue weighted by molar-refractivity contribution is -0.00306. The van der Waals surface area contributed by atoms with Crippen LogP contribution in [0, 0.1) is 6.92 Å². The Balaban J connectivity index is 1.85. The molecule has 0 radical (unpaired) electrons. The molecule has 2 N–H and O–H groups in total. The van der Waals surface area contributed by atoms with Crippen LogP contribution in [0.5, 0.6) is 0 Å². The summed E-state index contributed by atoms with van der Waals surface area (Å²) < 4.78 is 0. The van der Waals surface area contributed by atoms with Crippen LogP contribution >= 0.6 is 0 Å². The molecule has 2 heteroatoms. The number of hydrogen-bond donors (Lipinski definition) is 2. The van der Waals surface area contributed by atoms with Crippen LogP contribution in [-0.4, -0.2) is 23.3 Å². The van der Waals surface area contributed by atoms with Crippen LogP contribution in [0.2, 0.25) is 0 Å². The average molecular weight is 261 g/mol. The van der Waals surface area contributed by atoms with Crippen molar-refractivity contribution in [3.8, 4) is 0 Å². The molecule has 0 amide bonds. The van der Waals surface area contributed by atoms with Crippen LogP contribution < -0.4 is 5.32 Å². The lowest BCUT2D eigenvalue weighted by Gasteiger charge is -2.36. The summed E-state index contributed by atoms with van der Waals surface area (Å²) in [6.45, 7) is 5.40. The molecule has 0 heterocycles. The van der Waals surface area contributed by atoms with Crippen molar-refractivity contribution in [2.24, 2.45) is 0 Å². The Bertz CT molecular complexity index is 377. The Hall–Kier alpha value is -0.860. The first-order chi connectivity index (χ1) is 9.11. The predicted octanol–water partition coefficient (Wildman–Crippen LogP) is 3.21. The molecule has 0 spiro atoms. The monoisotopic (exact) mass is 261 g/mol. The predicted molar refractivity (Wildman–Crippen MR) is 80.4 cm³/mol. The second-order valence-corrected chi connectivity index (χ2v) is 6.12. The van der Waals surface area contributed by atoms with Crippen molar-refractivity contribution in [1.29, 1.82) is 0 Å². The Morgan fingerprint density at radius 3 is 2.42 bits per heavy atom. The normalized spacial score (nSPS) is 27.4. The minimum absolute atomic E-state index is 0.486. The van der Waals surface area contributed by atoms with Crippen molar-refractivity contribution in [1.82, 2.24) is 5.32 Å². The van der Waals surface area contributed by atoms with E-state index in [1.165, 1.54) is 17.5 Å². The zero-order chi connectivity index (χ0) is 13.7. The van der Waals surface area contributed by atoms with E-state index in [2.05, 4.69) is 43.4 Å². The molecule has 0 aliphatic heterocycles. The standard InChI is InChI=1S/C17H27NO/c1-3-12-18-16-8-10-17(19,11-9-16)13-15-6-4-14(2)5-7-15/h4-7,16,18-19H,3,8-13H2,1-2H3. The summed E-state index contributed by atoms with van der Waals surface area (Å²) in [6.07, 6.45) is 6.02. The van der Waals surface area contributed by atoms with Gasteiger partial charge in [0.15, 0.2) is 0 Å². The van der Waals surface area contributed by atoms with E-state index in [1.54, 1.807) is 0 Å². The zero-order valence-electron chi connectivity index (χ0n) is 12.3. The second kappa shape index (κ2) is 6.53. The fourth-order valence-corrected chi connectivity index (χ4v) is 2.97. The maximum absolute atomic E-state index is 10.7. The van der Waals surface area contributed by atoms with Gasteiger partial charge in [0.2, 0.25) is 0 Å². The fraction of sp³-hybridized carbons (Fsp3) is 0.647. The van der Waals surface area contributed by atoms with E-state index in [4.69, 9.17) is 0 Å². The molecule has 1 aliphatic rings. The molecular weight excluding hydrogens is 234 g/mol. The summed E-state index contributed by atoms with van der Waals surface area (Å²) in [5, 5.41) is 14.3. The van der Waals surface area contributed by atoms with Crippen LogP contribution in [-0.2, 0) is 6.42 Å². The largest absolute Gasteiger partial charge is 0.390 e. The molecule has 2 rings (SSSR count). The van der Waals surface area contributed by atoms with Gasteiger partial charge in [-0.25, -0.2) is 0 Å². The van der Waals surface area contributed by atoms with Gasteiger partial charge in [-0.2, -0.15) is 0 Å². The summed E-state index contributed by atoms with van der Waals surface area (Å²) in [4.78, 5) is 0. The molecule has 1 aromatic rings. The first kappa shape index (κ1) is 14.5. The third-order valence-corrected chi connectivity index (χ3v) is 4.25. The van der Waals surface area contributed by atoms with Crippen LogP contribution in [0.1, 0.15) is 50.2 Å². The lowest BCUT2D eigenvalue weighted by Crippen LogP contribution is -2.42. The van der Waals surface area contributed by atoms with Crippen molar-refractivity contribution >= 4 is 0 Å². The average Bonchev–Trinajstić information content (AvgIpc) is 2.41. The summed E-state index contributed by atoms with van der Waals surface area (Å²) in [7, 11) is 0. The Labute approximate surface area is 117 Å². The van der Waals surface area contributed by atoms with E-state index in [9.17, 15) is 5.11 Å². The highest BCUT2D eigenvalue weighted by Gasteiger charge is 2.32. The van der Waals surface area contributed by atoms with Gasteiger partial charge in [0.1, 0.15) is 0 Å². The highest BCUT2D eigenvalue weighted by Crippen LogP contribution is 2.31. The molecule has 0 bridgehead atoms. The van der Waals surface area contributed by atoms with Gasteiger partial charge in [0.25, 0.3) is 0 Å². The first-order valence-electron chi connectivity index (χ1n) is 7.63. The number of hydrogen-bond acceptors (Lipinski definition) is 2. The maximum Gasteiger partial charge on any atom is 0.0689 e. The SMILES string of the molecule is CCCNC1CCC(O)(Cc2ccc(C)cc2)CC1. The van der Waals surface area contributed by atoms with Gasteiger partial charge < -0.3 is 10.4 Å². The number of aliphatic hydroxyl groups is 1. The van der Waals surface area contributed by atoms with Gasteiger partial charge in [-0.15, -0.1) is 0 Å². The number of nitrogens with one attached hydrogen (secondary N) is 1. The minimum Gasteiger partial charge on any atom is -0.390 e. The van der Waals surface area contributed by atoms with Crippen molar-refractivity contribution in [3.63, 3.8) is 0 Å². The Morgan fingerprint density at radius 1 is 1.21 bits per heavy atom. The topological polar surface area (TPSA) is 32.3 Å². The van der Waals surface area contributed by atoms with Crippen LogP contribution in [0.25, 0.3) is 0 Å². The number of aryl methyl sites for hydroxylation is 1. The Kier molecular flexibility index (Phi) is 5.00. The molecule has 1 fully saturated rings. The molecule has 1 aliphatic carbocycles. The van der Waals surface area contributed by atoms with E-state index in [0.717, 1.165) is 38.6 Å². The maximum atomic E-state index is 10.7. The number of rotatable bonds is 5. The van der Waals surface area contributed by atoms with E-state index in [-0.39, 0.29) is 0 Å². The molecule has 19 heavy (non-hydrogen) atoms. The van der Waals surface area contributed by atoms with E-state index < -0.39 is 5.60 Å². The highest BCUT2D eigenvalue weighted by molar-refractivity contribution is 5.23. The molecule has 1 saturated carbocycles. The van der Waals surface area contributed by atoms with Crippen molar-refractivity contribution < 1.29 is 5.11 Å². The molecule has 2 nitrogen and oxygen atoms in total. The highest BCUT2D eigenvalue weighted by atomic mass is 16.3. The van der Waals surface area contributed by atoms with Gasteiger partial charge in [-0.05, 0) is 51.1 Å². The third kappa shape index (κ3) is 4.32. The van der Waals surface area contributed by atoms with Gasteiger partial charge in [-0.3, -0.25) is 0 Å². The molecule has 1 aromatic carbocycles. The van der Waals surface area contributed by atoms with E-state index in [0.29, 0.717) is 6.04 Å². The van der Waals surface area contributed by atoms with E-state index in [1.807, 2.05) is 0 Å². The van der Waals surface area contributed by atoms with Crippen LogP contribution in [0.4, 0.5) is 0 Å². The van der Waals surface area contributed by atoms with Crippen LogP contribution in [0.15, 0.2) is 24.3 Å². The minimum atomic E-state index is -0.486. The molecule has 0 unspecified atom stereocenters. The lowest BCUT2D eigenvalue weighted by atomic mass is 9.78. The molecule has 0 saturated heterocycles. The van der Waals surface area contributed by atoms with E-state index >= 15 is 0 Å². The summed E-state index contributed by atoms with van der Waals surface area (Å²) in [5.74, 6) is 0. The quantitative estimate of drug-likeness (QED) is 0.853. The molecular formula is C17H27NO. The fourth-order valence-electron chi connectivity index (χ4n) is 2.97. The smallest absolute Gasteiger partial charge is 0.0689 e. The van der Waals surface area contributed by atoms with Crippen molar-refractivity contribution in [2.75, 3.05) is 6.54 Å².